The number of carbonyl (C=O) groups excluding carboxylic acids is 1. The van der Waals surface area contributed by atoms with Gasteiger partial charge < -0.3 is 10.1 Å². The third kappa shape index (κ3) is 5.57. The zero-order valence-electron chi connectivity index (χ0n) is 16.8. The summed E-state index contributed by atoms with van der Waals surface area (Å²) in [6.45, 7) is 4.85. The third-order valence-corrected chi connectivity index (χ3v) is 5.41. The molecule has 7 nitrogen and oxygen atoms in total. The summed E-state index contributed by atoms with van der Waals surface area (Å²) in [5, 5.41) is 15.4. The Morgan fingerprint density at radius 2 is 1.93 bits per heavy atom. The minimum absolute atomic E-state index is 0.0606. The number of benzene rings is 2. The van der Waals surface area contributed by atoms with Crippen molar-refractivity contribution in [2.75, 3.05) is 19.4 Å². The molecule has 3 aromatic rings. The average Bonchev–Trinajstić information content (AvgIpc) is 3.21. The number of para-hydroxylation sites is 1. The van der Waals surface area contributed by atoms with Crippen LogP contribution in [0.4, 0.5) is 0 Å². The van der Waals surface area contributed by atoms with E-state index < -0.39 is 0 Å². The molecule has 8 heteroatoms. The lowest BCUT2D eigenvalue weighted by molar-refractivity contribution is -0.118. The highest BCUT2D eigenvalue weighted by Crippen LogP contribution is 2.21. The Morgan fingerprint density at radius 3 is 2.66 bits per heavy atom. The van der Waals surface area contributed by atoms with E-state index in [1.54, 1.807) is 11.8 Å². The van der Waals surface area contributed by atoms with Crippen molar-refractivity contribution in [1.29, 1.82) is 0 Å². The van der Waals surface area contributed by atoms with E-state index in [1.807, 2.05) is 36.4 Å². The largest absolute Gasteiger partial charge is 0.496 e. The molecule has 1 aromatic heterocycles. The number of nitrogens with one attached hydrogen (secondary N) is 1. The summed E-state index contributed by atoms with van der Waals surface area (Å²) in [4.78, 5) is 12.2. The molecule has 0 unspecified atom stereocenters. The van der Waals surface area contributed by atoms with Gasteiger partial charge in [-0.15, -0.1) is 5.10 Å². The summed E-state index contributed by atoms with van der Waals surface area (Å²) in [5.41, 5.74) is 3.20. The summed E-state index contributed by atoms with van der Waals surface area (Å²) in [6.07, 6.45) is 0.709. The standard InChI is InChI=1S/C21H25N5O2S/c1-15(2)16-8-10-18(11-9-16)26-21(23-24-25-26)29-14-20(27)22-13-12-17-6-4-5-7-19(17)28-3/h4-11,15H,12-14H2,1-3H3,(H,22,27). The summed E-state index contributed by atoms with van der Waals surface area (Å²) < 4.78 is 6.98. The number of aromatic nitrogens is 4. The molecule has 0 aliphatic carbocycles. The van der Waals surface area contributed by atoms with E-state index in [-0.39, 0.29) is 11.7 Å². The SMILES string of the molecule is COc1ccccc1CCNC(=O)CSc1nnnn1-c1ccc(C(C)C)cc1. The number of methoxy groups -OCH3 is 1. The second-order valence-electron chi connectivity index (χ2n) is 6.82. The molecule has 1 amide bonds. The Labute approximate surface area is 174 Å². The molecule has 0 aliphatic rings. The van der Waals surface area contributed by atoms with Crippen LogP contribution in [0.25, 0.3) is 5.69 Å². The van der Waals surface area contributed by atoms with Crippen molar-refractivity contribution >= 4 is 17.7 Å². The van der Waals surface area contributed by atoms with Gasteiger partial charge in [0, 0.05) is 6.54 Å². The van der Waals surface area contributed by atoms with Gasteiger partial charge in [0.15, 0.2) is 0 Å². The van der Waals surface area contributed by atoms with Crippen LogP contribution in [0, 0.1) is 0 Å². The monoisotopic (exact) mass is 411 g/mol. The predicted molar refractivity (Wildman–Crippen MR) is 114 cm³/mol. The normalized spacial score (nSPS) is 10.9. The summed E-state index contributed by atoms with van der Waals surface area (Å²) in [7, 11) is 1.65. The van der Waals surface area contributed by atoms with Gasteiger partial charge in [0.2, 0.25) is 11.1 Å². The van der Waals surface area contributed by atoms with Crippen LogP contribution in [0.15, 0.2) is 53.7 Å². The quantitative estimate of drug-likeness (QED) is 0.545. The number of tetrazole rings is 1. The number of rotatable bonds is 9. The fraction of sp³-hybridized carbons (Fsp3) is 0.333. The molecule has 152 valence electrons. The lowest BCUT2D eigenvalue weighted by atomic mass is 10.0. The van der Waals surface area contributed by atoms with Gasteiger partial charge in [0.1, 0.15) is 5.75 Å². The third-order valence-electron chi connectivity index (χ3n) is 4.49. The fourth-order valence-electron chi connectivity index (χ4n) is 2.86. The zero-order valence-corrected chi connectivity index (χ0v) is 17.6. The first kappa shape index (κ1) is 20.9. The molecule has 0 saturated heterocycles. The molecule has 1 N–H and O–H groups in total. The number of nitrogens with zero attached hydrogens (tertiary/aromatic N) is 4. The van der Waals surface area contributed by atoms with Crippen molar-refractivity contribution < 1.29 is 9.53 Å². The molecule has 2 aromatic carbocycles. The minimum atomic E-state index is -0.0606. The average molecular weight is 412 g/mol. The first-order valence-corrected chi connectivity index (χ1v) is 10.5. The summed E-state index contributed by atoms with van der Waals surface area (Å²) >= 11 is 1.31. The van der Waals surface area contributed by atoms with Crippen molar-refractivity contribution in [2.24, 2.45) is 0 Å². The van der Waals surface area contributed by atoms with Crippen LogP contribution < -0.4 is 10.1 Å². The molecular weight excluding hydrogens is 386 g/mol. The van der Waals surface area contributed by atoms with E-state index >= 15 is 0 Å². The van der Waals surface area contributed by atoms with Crippen molar-refractivity contribution in [3.8, 4) is 11.4 Å². The number of hydrogen-bond donors (Lipinski definition) is 1. The van der Waals surface area contributed by atoms with E-state index in [4.69, 9.17) is 4.74 Å². The number of ether oxygens (including phenoxy) is 1. The van der Waals surface area contributed by atoms with E-state index in [0.717, 1.165) is 17.0 Å². The van der Waals surface area contributed by atoms with Gasteiger partial charge in [0.25, 0.3) is 0 Å². The number of thioether (sulfide) groups is 1. The smallest absolute Gasteiger partial charge is 0.230 e. The van der Waals surface area contributed by atoms with E-state index in [2.05, 4.69) is 46.8 Å². The van der Waals surface area contributed by atoms with Crippen LogP contribution in [0.5, 0.6) is 5.75 Å². The molecule has 0 saturated carbocycles. The zero-order chi connectivity index (χ0) is 20.6. The van der Waals surface area contributed by atoms with Crippen LogP contribution in [-0.2, 0) is 11.2 Å². The van der Waals surface area contributed by atoms with Crippen LogP contribution in [0.1, 0.15) is 30.9 Å². The first-order chi connectivity index (χ1) is 14.1. The first-order valence-electron chi connectivity index (χ1n) is 9.48. The van der Waals surface area contributed by atoms with Crippen molar-refractivity contribution in [2.45, 2.75) is 31.3 Å². The molecule has 0 radical (unpaired) electrons. The van der Waals surface area contributed by atoms with E-state index in [1.165, 1.54) is 17.3 Å². The van der Waals surface area contributed by atoms with Gasteiger partial charge in [0.05, 0.1) is 18.6 Å². The Balaban J connectivity index is 1.51. The van der Waals surface area contributed by atoms with E-state index in [0.29, 0.717) is 24.0 Å². The Bertz CT molecular complexity index is 940. The lowest BCUT2D eigenvalue weighted by Crippen LogP contribution is -2.27. The maximum atomic E-state index is 12.2. The minimum Gasteiger partial charge on any atom is -0.496 e. The number of amides is 1. The van der Waals surface area contributed by atoms with Crippen LogP contribution in [-0.4, -0.2) is 45.5 Å². The van der Waals surface area contributed by atoms with Crippen molar-refractivity contribution in [1.82, 2.24) is 25.5 Å². The second kappa shape index (κ2) is 10.1. The van der Waals surface area contributed by atoms with Crippen LogP contribution in [0.2, 0.25) is 0 Å². The summed E-state index contributed by atoms with van der Waals surface area (Å²) in [6, 6.07) is 15.9. The van der Waals surface area contributed by atoms with E-state index in [9.17, 15) is 4.79 Å². The highest BCUT2D eigenvalue weighted by Gasteiger charge is 2.12. The predicted octanol–water partition coefficient (Wildman–Crippen LogP) is 3.25. The van der Waals surface area contributed by atoms with Gasteiger partial charge >= 0.3 is 0 Å². The second-order valence-corrected chi connectivity index (χ2v) is 7.76. The van der Waals surface area contributed by atoms with Crippen LogP contribution in [0.3, 0.4) is 0 Å². The lowest BCUT2D eigenvalue weighted by Gasteiger charge is -2.09. The summed E-state index contributed by atoms with van der Waals surface area (Å²) in [5.74, 6) is 1.48. The van der Waals surface area contributed by atoms with Gasteiger partial charge in [-0.25, -0.2) is 0 Å². The Hall–Kier alpha value is -2.87. The Kier molecular flexibility index (Phi) is 7.24. The maximum Gasteiger partial charge on any atom is 0.230 e. The molecular formula is C21H25N5O2S. The highest BCUT2D eigenvalue weighted by atomic mass is 32.2. The molecule has 0 bridgehead atoms. The number of hydrogen-bond acceptors (Lipinski definition) is 6. The van der Waals surface area contributed by atoms with Crippen LogP contribution >= 0.6 is 11.8 Å². The molecule has 29 heavy (non-hydrogen) atoms. The Morgan fingerprint density at radius 1 is 1.17 bits per heavy atom. The molecule has 0 atom stereocenters. The van der Waals surface area contributed by atoms with Gasteiger partial charge in [-0.3, -0.25) is 4.79 Å². The van der Waals surface area contributed by atoms with Crippen molar-refractivity contribution in [3.05, 3.63) is 59.7 Å². The van der Waals surface area contributed by atoms with Crippen molar-refractivity contribution in [3.63, 3.8) is 0 Å². The molecule has 1 heterocycles. The van der Waals surface area contributed by atoms with Gasteiger partial charge in [-0.05, 0) is 52.1 Å². The topological polar surface area (TPSA) is 81.9 Å². The van der Waals surface area contributed by atoms with Gasteiger partial charge in [-0.1, -0.05) is 55.9 Å². The molecule has 0 spiro atoms. The highest BCUT2D eigenvalue weighted by molar-refractivity contribution is 7.99. The molecule has 3 rings (SSSR count). The number of carbonyl (C=O) groups is 1. The maximum absolute atomic E-state index is 12.2. The molecule has 0 aliphatic heterocycles. The van der Waals surface area contributed by atoms with Gasteiger partial charge in [-0.2, -0.15) is 4.68 Å². The fourth-order valence-corrected chi connectivity index (χ4v) is 3.58. The molecule has 0 fully saturated rings.